The van der Waals surface area contributed by atoms with E-state index in [-0.39, 0.29) is 11.7 Å². The lowest BCUT2D eigenvalue weighted by molar-refractivity contribution is -0.122. The van der Waals surface area contributed by atoms with Crippen LogP contribution in [0.15, 0.2) is 24.3 Å². The molecular formula is C21H32FN3O. The minimum Gasteiger partial charge on any atom is -0.355 e. The highest BCUT2D eigenvalue weighted by Gasteiger charge is 2.19. The number of halogens is 1. The molecule has 1 aromatic carbocycles. The molecule has 4 nitrogen and oxygen atoms in total. The van der Waals surface area contributed by atoms with Gasteiger partial charge in [-0.1, -0.05) is 37.5 Å². The highest BCUT2D eigenvalue weighted by molar-refractivity contribution is 5.78. The Bertz CT molecular complexity index is 574. The van der Waals surface area contributed by atoms with Gasteiger partial charge >= 0.3 is 0 Å². The van der Waals surface area contributed by atoms with E-state index in [1.54, 1.807) is 6.07 Å². The molecule has 1 saturated heterocycles. The van der Waals surface area contributed by atoms with Crippen molar-refractivity contribution < 1.29 is 9.18 Å². The molecular weight excluding hydrogens is 329 g/mol. The van der Waals surface area contributed by atoms with Gasteiger partial charge in [0.15, 0.2) is 0 Å². The number of carbonyl (C=O) groups excluding carboxylic acids is 1. The largest absolute Gasteiger partial charge is 0.355 e. The first-order valence-corrected chi connectivity index (χ1v) is 10.2. The zero-order chi connectivity index (χ0) is 18.2. The predicted octanol–water partition coefficient (Wildman–Crippen LogP) is 3.03. The Kier molecular flexibility index (Phi) is 7.44. The van der Waals surface area contributed by atoms with Crippen LogP contribution < -0.4 is 5.32 Å². The number of hydrogen-bond acceptors (Lipinski definition) is 3. The molecule has 144 valence electrons. The Labute approximate surface area is 156 Å². The van der Waals surface area contributed by atoms with Crippen molar-refractivity contribution in [3.05, 3.63) is 35.6 Å². The van der Waals surface area contributed by atoms with Crippen molar-refractivity contribution in [2.45, 2.75) is 45.1 Å². The first kappa shape index (κ1) is 19.3. The Morgan fingerprint density at radius 2 is 1.73 bits per heavy atom. The molecule has 3 rings (SSSR count). The third kappa shape index (κ3) is 6.06. The molecule has 0 spiro atoms. The number of rotatable bonds is 6. The van der Waals surface area contributed by atoms with Crippen LogP contribution in [0.5, 0.6) is 0 Å². The second kappa shape index (κ2) is 10.0. The van der Waals surface area contributed by atoms with E-state index in [9.17, 15) is 9.18 Å². The topological polar surface area (TPSA) is 35.6 Å². The van der Waals surface area contributed by atoms with Crippen molar-refractivity contribution >= 4 is 5.91 Å². The van der Waals surface area contributed by atoms with Crippen LogP contribution in [0.1, 0.15) is 44.1 Å². The second-order valence-corrected chi connectivity index (χ2v) is 7.81. The van der Waals surface area contributed by atoms with Gasteiger partial charge in [-0.05, 0) is 44.3 Å². The van der Waals surface area contributed by atoms with Crippen LogP contribution in [0.2, 0.25) is 0 Å². The van der Waals surface area contributed by atoms with Gasteiger partial charge in [0.1, 0.15) is 5.82 Å². The average Bonchev–Trinajstić information content (AvgIpc) is 2.88. The Morgan fingerprint density at radius 3 is 2.54 bits per heavy atom. The highest BCUT2D eigenvalue weighted by atomic mass is 19.1. The smallest absolute Gasteiger partial charge is 0.234 e. The van der Waals surface area contributed by atoms with Crippen LogP contribution >= 0.6 is 0 Å². The fourth-order valence-electron chi connectivity index (χ4n) is 4.12. The van der Waals surface area contributed by atoms with E-state index in [2.05, 4.69) is 15.1 Å². The number of amides is 1. The minimum atomic E-state index is -0.129. The van der Waals surface area contributed by atoms with Gasteiger partial charge in [-0.2, -0.15) is 0 Å². The number of nitrogens with zero attached hydrogens (tertiary/aromatic N) is 2. The monoisotopic (exact) mass is 361 g/mol. The van der Waals surface area contributed by atoms with Gasteiger partial charge in [0, 0.05) is 31.7 Å². The van der Waals surface area contributed by atoms with E-state index in [0.717, 1.165) is 44.7 Å². The maximum Gasteiger partial charge on any atom is 0.234 e. The van der Waals surface area contributed by atoms with Crippen molar-refractivity contribution in [3.8, 4) is 0 Å². The lowest BCUT2D eigenvalue weighted by atomic mass is 9.89. The van der Waals surface area contributed by atoms with E-state index < -0.39 is 0 Å². The van der Waals surface area contributed by atoms with Crippen molar-refractivity contribution in [1.29, 1.82) is 0 Å². The van der Waals surface area contributed by atoms with Crippen molar-refractivity contribution in [3.63, 3.8) is 0 Å². The first-order valence-electron chi connectivity index (χ1n) is 10.2. The maximum atomic E-state index is 13.8. The van der Waals surface area contributed by atoms with Crippen LogP contribution in [-0.2, 0) is 11.3 Å². The molecule has 1 aliphatic carbocycles. The molecule has 2 aliphatic rings. The maximum absolute atomic E-state index is 13.8. The summed E-state index contributed by atoms with van der Waals surface area (Å²) in [6.07, 6.45) is 7.50. The van der Waals surface area contributed by atoms with Crippen LogP contribution in [0.4, 0.5) is 4.39 Å². The lowest BCUT2D eigenvalue weighted by Crippen LogP contribution is -2.40. The quantitative estimate of drug-likeness (QED) is 0.846. The molecule has 0 bridgehead atoms. The van der Waals surface area contributed by atoms with Gasteiger partial charge < -0.3 is 5.32 Å². The summed E-state index contributed by atoms with van der Waals surface area (Å²) < 4.78 is 13.8. The van der Waals surface area contributed by atoms with Gasteiger partial charge in [-0.15, -0.1) is 0 Å². The Balaban J connectivity index is 1.39. The van der Waals surface area contributed by atoms with E-state index in [1.165, 1.54) is 38.2 Å². The van der Waals surface area contributed by atoms with Gasteiger partial charge in [0.25, 0.3) is 0 Å². The van der Waals surface area contributed by atoms with Crippen LogP contribution in [-0.4, -0.2) is 55.0 Å². The molecule has 1 N–H and O–H groups in total. The van der Waals surface area contributed by atoms with Gasteiger partial charge in [-0.3, -0.25) is 14.6 Å². The first-order chi connectivity index (χ1) is 12.7. The molecule has 0 radical (unpaired) electrons. The molecule has 0 aromatic heterocycles. The summed E-state index contributed by atoms with van der Waals surface area (Å²) in [6.45, 7) is 5.61. The third-order valence-corrected chi connectivity index (χ3v) is 5.71. The van der Waals surface area contributed by atoms with Crippen molar-refractivity contribution in [1.82, 2.24) is 15.1 Å². The van der Waals surface area contributed by atoms with Gasteiger partial charge in [0.2, 0.25) is 5.91 Å². The van der Waals surface area contributed by atoms with E-state index in [4.69, 9.17) is 0 Å². The Hall–Kier alpha value is -1.46. The normalized spacial score (nSPS) is 20.7. The number of carbonyl (C=O) groups is 1. The van der Waals surface area contributed by atoms with Crippen molar-refractivity contribution in [2.24, 2.45) is 5.92 Å². The standard InChI is InChI=1S/C21H32FN3O/c22-20-10-5-4-9-19(20)16-24-11-6-12-25(14-13-24)17-21(26)23-15-18-7-2-1-3-8-18/h4-5,9-10,18H,1-3,6-8,11-17H2,(H,23,26). The minimum absolute atomic E-state index is 0.129. The number of benzene rings is 1. The van der Waals surface area contributed by atoms with Crippen LogP contribution in [0.3, 0.4) is 0 Å². The molecule has 1 aliphatic heterocycles. The average molecular weight is 362 g/mol. The van der Waals surface area contributed by atoms with Gasteiger partial charge in [-0.25, -0.2) is 4.39 Å². The van der Waals surface area contributed by atoms with Crippen molar-refractivity contribution in [2.75, 3.05) is 39.3 Å². The molecule has 2 fully saturated rings. The zero-order valence-corrected chi connectivity index (χ0v) is 15.8. The summed E-state index contributed by atoms with van der Waals surface area (Å²) in [5.41, 5.74) is 0.756. The summed E-state index contributed by atoms with van der Waals surface area (Å²) in [5, 5.41) is 3.13. The zero-order valence-electron chi connectivity index (χ0n) is 15.8. The van der Waals surface area contributed by atoms with Crippen LogP contribution in [0, 0.1) is 11.7 Å². The fraction of sp³-hybridized carbons (Fsp3) is 0.667. The highest BCUT2D eigenvalue weighted by Crippen LogP contribution is 2.22. The molecule has 1 saturated carbocycles. The summed E-state index contributed by atoms with van der Waals surface area (Å²) >= 11 is 0. The number of hydrogen-bond donors (Lipinski definition) is 1. The van der Waals surface area contributed by atoms with Gasteiger partial charge in [0.05, 0.1) is 6.54 Å². The molecule has 1 heterocycles. The fourth-order valence-corrected chi connectivity index (χ4v) is 4.12. The number of nitrogens with one attached hydrogen (secondary N) is 1. The Morgan fingerprint density at radius 1 is 1.00 bits per heavy atom. The molecule has 1 aromatic rings. The molecule has 26 heavy (non-hydrogen) atoms. The molecule has 1 amide bonds. The lowest BCUT2D eigenvalue weighted by Gasteiger charge is -2.24. The predicted molar refractivity (Wildman–Crippen MR) is 102 cm³/mol. The third-order valence-electron chi connectivity index (χ3n) is 5.71. The van der Waals surface area contributed by atoms with E-state index in [0.29, 0.717) is 19.0 Å². The van der Waals surface area contributed by atoms with Crippen LogP contribution in [0.25, 0.3) is 0 Å². The van der Waals surface area contributed by atoms with E-state index >= 15 is 0 Å². The molecule has 0 atom stereocenters. The molecule has 0 unspecified atom stereocenters. The molecule has 5 heteroatoms. The van der Waals surface area contributed by atoms with E-state index in [1.807, 2.05) is 12.1 Å². The summed E-state index contributed by atoms with van der Waals surface area (Å²) in [4.78, 5) is 16.8. The summed E-state index contributed by atoms with van der Waals surface area (Å²) in [5.74, 6) is 0.696. The SMILES string of the molecule is O=C(CN1CCCN(Cc2ccccc2F)CC1)NCC1CCCCC1. The summed E-state index contributed by atoms with van der Waals surface area (Å²) in [6, 6.07) is 7.00. The summed E-state index contributed by atoms with van der Waals surface area (Å²) in [7, 11) is 0. The second-order valence-electron chi connectivity index (χ2n) is 7.81.